The van der Waals surface area contributed by atoms with Gasteiger partial charge in [-0.15, -0.1) is 0 Å². The minimum atomic E-state index is -1.49. The number of nitrogens with zero attached hydrogens (tertiary/aromatic N) is 1. The first-order chi connectivity index (χ1) is 13.4. The Morgan fingerprint density at radius 1 is 1.00 bits per heavy atom. The molecular weight excluding hydrogens is 362 g/mol. The summed E-state index contributed by atoms with van der Waals surface area (Å²) >= 11 is 0. The molecule has 148 valence electrons. The van der Waals surface area contributed by atoms with Gasteiger partial charge in [0.2, 0.25) is 0 Å². The molecule has 3 amide bonds. The Morgan fingerprint density at radius 3 is 2.00 bits per heavy atom. The number of hydrogen-bond donors (Lipinski definition) is 3. The highest BCUT2D eigenvalue weighted by Crippen LogP contribution is 2.23. The molecule has 0 radical (unpaired) electrons. The van der Waals surface area contributed by atoms with E-state index in [-0.39, 0.29) is 0 Å². The molecule has 0 spiro atoms. The minimum absolute atomic E-state index is 0.303. The summed E-state index contributed by atoms with van der Waals surface area (Å²) in [5.41, 5.74) is 3.57. The fourth-order valence-corrected chi connectivity index (χ4v) is 2.71. The summed E-state index contributed by atoms with van der Waals surface area (Å²) in [6, 6.07) is 12.9. The average Bonchev–Trinajstić information content (AvgIpc) is 2.73. The van der Waals surface area contributed by atoms with E-state index in [1.54, 1.807) is 24.3 Å². The molecule has 1 atom stereocenters. The number of rotatable bonds is 7. The summed E-state index contributed by atoms with van der Waals surface area (Å²) in [7, 11) is 2.65. The van der Waals surface area contributed by atoms with Gasteiger partial charge >= 0.3 is 0 Å². The fourth-order valence-electron chi connectivity index (χ4n) is 2.71. The number of hydroxylamine groups is 1. The molecule has 0 aliphatic rings. The standard InChI is InChI=1S/C20H23N3O5/c1-4-28-16-11-9-14(10-12-16)13-5-7-15(8-6-13)20(26)23(3)17(18(24)21-2)19(25)22-27/h5-12,17,27H,4H2,1-3H3,(H,21,24)(H,22,25). The number of benzene rings is 2. The fraction of sp³-hybridized carbons (Fsp3) is 0.250. The summed E-state index contributed by atoms with van der Waals surface area (Å²) in [4.78, 5) is 37.3. The molecular formula is C20H23N3O5. The van der Waals surface area contributed by atoms with E-state index in [0.29, 0.717) is 12.2 Å². The normalized spacial score (nSPS) is 11.3. The molecule has 2 rings (SSSR count). The van der Waals surface area contributed by atoms with Crippen LogP contribution in [0.5, 0.6) is 5.75 Å². The first-order valence-electron chi connectivity index (χ1n) is 8.68. The Kier molecular flexibility index (Phi) is 7.11. The van der Waals surface area contributed by atoms with Gasteiger partial charge in [-0.25, -0.2) is 5.48 Å². The Morgan fingerprint density at radius 2 is 1.54 bits per heavy atom. The van der Waals surface area contributed by atoms with E-state index < -0.39 is 23.8 Å². The highest BCUT2D eigenvalue weighted by Gasteiger charge is 2.33. The van der Waals surface area contributed by atoms with E-state index >= 15 is 0 Å². The van der Waals surface area contributed by atoms with Crippen LogP contribution >= 0.6 is 0 Å². The monoisotopic (exact) mass is 385 g/mol. The second-order valence-electron chi connectivity index (χ2n) is 5.94. The first-order valence-corrected chi connectivity index (χ1v) is 8.68. The lowest BCUT2D eigenvalue weighted by Gasteiger charge is -2.25. The number of ether oxygens (including phenoxy) is 1. The third-order valence-electron chi connectivity index (χ3n) is 4.19. The maximum absolute atomic E-state index is 12.7. The van der Waals surface area contributed by atoms with Crippen LogP contribution in [0.25, 0.3) is 11.1 Å². The van der Waals surface area contributed by atoms with Gasteiger partial charge in [-0.05, 0) is 42.3 Å². The lowest BCUT2D eigenvalue weighted by molar-refractivity contribution is -0.140. The lowest BCUT2D eigenvalue weighted by Crippen LogP contribution is -2.54. The summed E-state index contributed by atoms with van der Waals surface area (Å²) in [6.45, 7) is 2.51. The molecule has 2 aromatic rings. The molecule has 0 aliphatic carbocycles. The van der Waals surface area contributed by atoms with Crippen LogP contribution in [0.15, 0.2) is 48.5 Å². The molecule has 0 saturated heterocycles. The van der Waals surface area contributed by atoms with Gasteiger partial charge in [-0.3, -0.25) is 19.6 Å². The molecule has 3 N–H and O–H groups in total. The van der Waals surface area contributed by atoms with Crippen LogP contribution in [-0.2, 0) is 9.59 Å². The predicted molar refractivity (Wildman–Crippen MR) is 103 cm³/mol. The topological polar surface area (TPSA) is 108 Å². The summed E-state index contributed by atoms with van der Waals surface area (Å²) in [5.74, 6) is -1.47. The largest absolute Gasteiger partial charge is 0.494 e. The lowest BCUT2D eigenvalue weighted by atomic mass is 10.0. The zero-order valence-electron chi connectivity index (χ0n) is 15.9. The third-order valence-corrected chi connectivity index (χ3v) is 4.19. The van der Waals surface area contributed by atoms with Crippen molar-refractivity contribution in [1.29, 1.82) is 0 Å². The average molecular weight is 385 g/mol. The van der Waals surface area contributed by atoms with Crippen LogP contribution in [0, 0.1) is 0 Å². The maximum Gasteiger partial charge on any atom is 0.275 e. The van der Waals surface area contributed by atoms with Crippen LogP contribution in [0.3, 0.4) is 0 Å². The highest BCUT2D eigenvalue weighted by atomic mass is 16.5. The number of likely N-dealkylation sites (N-methyl/N-ethyl adjacent to an activating group) is 2. The van der Waals surface area contributed by atoms with Crippen molar-refractivity contribution < 1.29 is 24.3 Å². The molecule has 0 saturated carbocycles. The van der Waals surface area contributed by atoms with Crippen molar-refractivity contribution in [3.63, 3.8) is 0 Å². The SMILES string of the molecule is CCOc1ccc(-c2ccc(C(=O)N(C)C(C(=O)NC)C(=O)NO)cc2)cc1. The van der Waals surface area contributed by atoms with Crippen molar-refractivity contribution in [2.24, 2.45) is 0 Å². The smallest absolute Gasteiger partial charge is 0.275 e. The number of carbonyl (C=O) groups excluding carboxylic acids is 3. The number of carbonyl (C=O) groups is 3. The second kappa shape index (κ2) is 9.52. The number of amides is 3. The highest BCUT2D eigenvalue weighted by molar-refractivity contribution is 6.08. The maximum atomic E-state index is 12.7. The summed E-state index contributed by atoms with van der Waals surface area (Å²) in [5, 5.41) is 11.1. The molecule has 1 unspecified atom stereocenters. The van der Waals surface area contributed by atoms with E-state index in [2.05, 4.69) is 5.32 Å². The van der Waals surface area contributed by atoms with Gasteiger partial charge in [0.1, 0.15) is 5.75 Å². The van der Waals surface area contributed by atoms with Crippen molar-refractivity contribution in [3.8, 4) is 16.9 Å². The molecule has 0 bridgehead atoms. The van der Waals surface area contributed by atoms with Crippen molar-refractivity contribution in [2.75, 3.05) is 20.7 Å². The predicted octanol–water partition coefficient (Wildman–Crippen LogP) is 1.44. The van der Waals surface area contributed by atoms with Gasteiger partial charge in [-0.1, -0.05) is 24.3 Å². The third kappa shape index (κ3) is 4.66. The Labute approximate surface area is 163 Å². The van der Waals surface area contributed by atoms with Gasteiger partial charge in [0.05, 0.1) is 6.61 Å². The molecule has 0 fully saturated rings. The van der Waals surface area contributed by atoms with Crippen molar-refractivity contribution in [2.45, 2.75) is 13.0 Å². The van der Waals surface area contributed by atoms with E-state index in [9.17, 15) is 14.4 Å². The van der Waals surface area contributed by atoms with Crippen molar-refractivity contribution in [1.82, 2.24) is 15.7 Å². The van der Waals surface area contributed by atoms with Gasteiger partial charge in [0, 0.05) is 19.7 Å². The zero-order chi connectivity index (χ0) is 20.7. The van der Waals surface area contributed by atoms with E-state index in [0.717, 1.165) is 21.8 Å². The van der Waals surface area contributed by atoms with Crippen LogP contribution in [-0.4, -0.2) is 54.6 Å². The Balaban J connectivity index is 2.20. The minimum Gasteiger partial charge on any atom is -0.494 e. The quantitative estimate of drug-likeness (QED) is 0.380. The van der Waals surface area contributed by atoms with Gasteiger partial charge in [0.15, 0.2) is 6.04 Å². The van der Waals surface area contributed by atoms with Crippen LogP contribution in [0.1, 0.15) is 17.3 Å². The van der Waals surface area contributed by atoms with Crippen LogP contribution in [0.4, 0.5) is 0 Å². The zero-order valence-corrected chi connectivity index (χ0v) is 15.9. The van der Waals surface area contributed by atoms with Crippen LogP contribution < -0.4 is 15.5 Å². The van der Waals surface area contributed by atoms with Gasteiger partial charge < -0.3 is 15.0 Å². The van der Waals surface area contributed by atoms with Gasteiger partial charge in [0.25, 0.3) is 17.7 Å². The molecule has 0 heterocycles. The van der Waals surface area contributed by atoms with Crippen LogP contribution in [0.2, 0.25) is 0 Å². The number of hydrogen-bond acceptors (Lipinski definition) is 5. The molecule has 0 aromatic heterocycles. The molecule has 28 heavy (non-hydrogen) atoms. The number of nitrogens with one attached hydrogen (secondary N) is 2. The molecule has 0 aliphatic heterocycles. The summed E-state index contributed by atoms with van der Waals surface area (Å²) in [6.07, 6.45) is 0. The first kappa shape index (κ1) is 20.9. The molecule has 2 aromatic carbocycles. The van der Waals surface area contributed by atoms with E-state index in [1.165, 1.54) is 19.6 Å². The van der Waals surface area contributed by atoms with E-state index in [4.69, 9.17) is 9.94 Å². The molecule has 8 heteroatoms. The summed E-state index contributed by atoms with van der Waals surface area (Å²) < 4.78 is 5.42. The Bertz CT molecular complexity index is 818. The molecule has 8 nitrogen and oxygen atoms in total. The van der Waals surface area contributed by atoms with Crippen molar-refractivity contribution in [3.05, 3.63) is 54.1 Å². The second-order valence-corrected chi connectivity index (χ2v) is 5.94. The van der Waals surface area contributed by atoms with Crippen molar-refractivity contribution >= 4 is 17.7 Å². The van der Waals surface area contributed by atoms with E-state index in [1.807, 2.05) is 31.2 Å². The van der Waals surface area contributed by atoms with Gasteiger partial charge in [-0.2, -0.15) is 0 Å². The Hall–Kier alpha value is -3.39.